The van der Waals surface area contributed by atoms with Crippen molar-refractivity contribution in [3.8, 4) is 11.3 Å². The first-order valence-electron chi connectivity index (χ1n) is 7.75. The van der Waals surface area contributed by atoms with Gasteiger partial charge in [-0.25, -0.2) is 4.98 Å². The van der Waals surface area contributed by atoms with E-state index in [1.54, 1.807) is 0 Å². The first-order valence-corrected chi connectivity index (χ1v) is 9.01. The van der Waals surface area contributed by atoms with Crippen LogP contribution in [-0.2, 0) is 6.54 Å². The monoisotopic (exact) mass is 367 g/mol. The van der Waals surface area contributed by atoms with E-state index in [0.29, 0.717) is 17.3 Å². The number of amides is 1. The summed E-state index contributed by atoms with van der Waals surface area (Å²) in [4.78, 5) is 17.9. The van der Waals surface area contributed by atoms with Crippen molar-refractivity contribution in [1.82, 2.24) is 14.7 Å². The van der Waals surface area contributed by atoms with Gasteiger partial charge in [0, 0.05) is 28.7 Å². The molecule has 2 aromatic heterocycles. The highest BCUT2D eigenvalue weighted by atomic mass is 35.5. The molecule has 1 N–H and O–H groups in total. The van der Waals surface area contributed by atoms with Crippen LogP contribution < -0.4 is 5.32 Å². The molecular formula is C19H14ClN3OS. The van der Waals surface area contributed by atoms with Crippen molar-refractivity contribution >= 4 is 33.8 Å². The van der Waals surface area contributed by atoms with Gasteiger partial charge in [-0.15, -0.1) is 11.3 Å². The molecule has 25 heavy (non-hydrogen) atoms. The van der Waals surface area contributed by atoms with Crippen LogP contribution >= 0.6 is 22.9 Å². The van der Waals surface area contributed by atoms with Crippen molar-refractivity contribution in [1.29, 1.82) is 0 Å². The van der Waals surface area contributed by atoms with Crippen molar-refractivity contribution in [2.24, 2.45) is 0 Å². The van der Waals surface area contributed by atoms with Gasteiger partial charge in [-0.3, -0.25) is 9.20 Å². The van der Waals surface area contributed by atoms with Crippen molar-refractivity contribution < 1.29 is 4.79 Å². The SMILES string of the molecule is O=C(NCc1ccc(Cl)cc1)c1csc2nc(-c3ccccc3)cn12. The minimum absolute atomic E-state index is 0.127. The molecule has 2 heterocycles. The molecule has 0 radical (unpaired) electrons. The van der Waals surface area contributed by atoms with Crippen LogP contribution in [0.5, 0.6) is 0 Å². The lowest BCUT2D eigenvalue weighted by molar-refractivity contribution is 0.0945. The van der Waals surface area contributed by atoms with Crippen molar-refractivity contribution in [3.05, 3.63) is 82.5 Å². The number of carbonyl (C=O) groups is 1. The van der Waals surface area contributed by atoms with Crippen LogP contribution in [-0.4, -0.2) is 15.3 Å². The van der Waals surface area contributed by atoms with E-state index in [9.17, 15) is 4.79 Å². The van der Waals surface area contributed by atoms with E-state index >= 15 is 0 Å². The van der Waals surface area contributed by atoms with E-state index in [2.05, 4.69) is 10.3 Å². The van der Waals surface area contributed by atoms with Gasteiger partial charge >= 0.3 is 0 Å². The molecule has 4 rings (SSSR count). The summed E-state index contributed by atoms with van der Waals surface area (Å²) in [5, 5.41) is 5.45. The minimum Gasteiger partial charge on any atom is -0.347 e. The number of fused-ring (bicyclic) bond motifs is 1. The molecule has 0 bridgehead atoms. The second-order valence-corrected chi connectivity index (χ2v) is 6.85. The van der Waals surface area contributed by atoms with Crippen LogP contribution in [0.4, 0.5) is 0 Å². The maximum atomic E-state index is 12.5. The number of aromatic nitrogens is 2. The molecule has 0 saturated heterocycles. The molecule has 1 amide bonds. The standard InChI is InChI=1S/C19H14ClN3OS/c20-15-8-6-13(7-9-15)10-21-18(24)17-12-25-19-22-16(11-23(17)19)14-4-2-1-3-5-14/h1-9,11-12H,10H2,(H,21,24). The number of hydrogen-bond acceptors (Lipinski definition) is 3. The molecule has 0 saturated carbocycles. The summed E-state index contributed by atoms with van der Waals surface area (Å²) in [7, 11) is 0. The van der Waals surface area contributed by atoms with Crippen LogP contribution in [0.3, 0.4) is 0 Å². The van der Waals surface area contributed by atoms with E-state index in [1.807, 2.05) is 70.6 Å². The highest BCUT2D eigenvalue weighted by Gasteiger charge is 2.15. The number of imidazole rings is 1. The maximum Gasteiger partial charge on any atom is 0.269 e. The zero-order chi connectivity index (χ0) is 17.2. The number of nitrogens with one attached hydrogen (secondary N) is 1. The van der Waals surface area contributed by atoms with Crippen molar-refractivity contribution in [3.63, 3.8) is 0 Å². The Morgan fingerprint density at radius 2 is 1.88 bits per heavy atom. The van der Waals surface area contributed by atoms with Gasteiger partial charge in [0.15, 0.2) is 4.96 Å². The lowest BCUT2D eigenvalue weighted by Gasteiger charge is -2.04. The third-order valence-corrected chi connectivity index (χ3v) is 4.97. The molecule has 4 aromatic rings. The topological polar surface area (TPSA) is 46.4 Å². The lowest BCUT2D eigenvalue weighted by Crippen LogP contribution is -2.23. The highest BCUT2D eigenvalue weighted by Crippen LogP contribution is 2.23. The molecule has 0 aliphatic heterocycles. The minimum atomic E-state index is -0.127. The number of thiazole rings is 1. The second kappa shape index (κ2) is 6.70. The second-order valence-electron chi connectivity index (χ2n) is 5.57. The van der Waals surface area contributed by atoms with Gasteiger partial charge in [0.2, 0.25) is 0 Å². The van der Waals surface area contributed by atoms with E-state index in [0.717, 1.165) is 21.8 Å². The van der Waals surface area contributed by atoms with E-state index < -0.39 is 0 Å². The number of carbonyl (C=O) groups excluding carboxylic acids is 1. The Bertz CT molecular complexity index is 1020. The summed E-state index contributed by atoms with van der Waals surface area (Å²) in [6.07, 6.45) is 1.90. The quantitative estimate of drug-likeness (QED) is 0.570. The largest absolute Gasteiger partial charge is 0.347 e. The highest BCUT2D eigenvalue weighted by molar-refractivity contribution is 7.15. The Hall–Kier alpha value is -2.63. The molecule has 0 unspecified atom stereocenters. The Morgan fingerprint density at radius 1 is 1.12 bits per heavy atom. The maximum absolute atomic E-state index is 12.5. The van der Waals surface area contributed by atoms with E-state index in [4.69, 9.17) is 11.6 Å². The zero-order valence-electron chi connectivity index (χ0n) is 13.1. The van der Waals surface area contributed by atoms with Crippen LogP contribution in [0, 0.1) is 0 Å². The fourth-order valence-corrected chi connectivity index (χ4v) is 3.55. The number of nitrogens with zero attached hydrogens (tertiary/aromatic N) is 2. The number of hydrogen-bond donors (Lipinski definition) is 1. The molecule has 0 aliphatic carbocycles. The average Bonchev–Trinajstić information content (AvgIpc) is 3.22. The molecule has 124 valence electrons. The fraction of sp³-hybridized carbons (Fsp3) is 0.0526. The summed E-state index contributed by atoms with van der Waals surface area (Å²) < 4.78 is 1.84. The van der Waals surface area contributed by atoms with Gasteiger partial charge < -0.3 is 5.32 Å². The summed E-state index contributed by atoms with van der Waals surface area (Å²) in [6.45, 7) is 0.452. The van der Waals surface area contributed by atoms with Gasteiger partial charge in [-0.05, 0) is 17.7 Å². The van der Waals surface area contributed by atoms with Crippen molar-refractivity contribution in [2.75, 3.05) is 0 Å². The zero-order valence-corrected chi connectivity index (χ0v) is 14.7. The smallest absolute Gasteiger partial charge is 0.269 e. The number of benzene rings is 2. The molecule has 0 atom stereocenters. The summed E-state index contributed by atoms with van der Waals surface area (Å²) in [5.74, 6) is -0.127. The summed E-state index contributed by atoms with van der Waals surface area (Å²) >= 11 is 7.33. The molecule has 2 aromatic carbocycles. The third kappa shape index (κ3) is 3.29. The first-order chi connectivity index (χ1) is 12.2. The van der Waals surface area contributed by atoms with Gasteiger partial charge in [0.05, 0.1) is 5.69 Å². The van der Waals surface area contributed by atoms with Crippen LogP contribution in [0.2, 0.25) is 5.02 Å². The first kappa shape index (κ1) is 15.9. The van der Waals surface area contributed by atoms with E-state index in [-0.39, 0.29) is 5.91 Å². The van der Waals surface area contributed by atoms with Crippen molar-refractivity contribution in [2.45, 2.75) is 6.54 Å². The number of rotatable bonds is 4. The number of halogens is 1. The van der Waals surface area contributed by atoms with Gasteiger partial charge in [-0.2, -0.15) is 0 Å². The molecule has 0 aliphatic rings. The Labute approximate surface area is 153 Å². The van der Waals surface area contributed by atoms with Crippen LogP contribution in [0.15, 0.2) is 66.2 Å². The van der Waals surface area contributed by atoms with Gasteiger partial charge in [0.1, 0.15) is 5.69 Å². The molecule has 6 heteroatoms. The molecular weight excluding hydrogens is 354 g/mol. The van der Waals surface area contributed by atoms with Gasteiger partial charge in [-0.1, -0.05) is 54.1 Å². The summed E-state index contributed by atoms with van der Waals surface area (Å²) in [6, 6.07) is 17.4. The summed E-state index contributed by atoms with van der Waals surface area (Å²) in [5.41, 5.74) is 3.48. The molecule has 0 fully saturated rings. The lowest BCUT2D eigenvalue weighted by atomic mass is 10.2. The Balaban J connectivity index is 1.55. The van der Waals surface area contributed by atoms with Crippen LogP contribution in [0.25, 0.3) is 16.2 Å². The predicted molar refractivity (Wildman–Crippen MR) is 101 cm³/mol. The Kier molecular flexibility index (Phi) is 4.26. The third-order valence-electron chi connectivity index (χ3n) is 3.88. The average molecular weight is 368 g/mol. The molecule has 0 spiro atoms. The Morgan fingerprint density at radius 3 is 2.64 bits per heavy atom. The van der Waals surface area contributed by atoms with Crippen LogP contribution in [0.1, 0.15) is 16.1 Å². The van der Waals surface area contributed by atoms with E-state index in [1.165, 1.54) is 11.3 Å². The normalized spacial score (nSPS) is 10.9. The van der Waals surface area contributed by atoms with Gasteiger partial charge in [0.25, 0.3) is 5.91 Å². The fourth-order valence-electron chi connectivity index (χ4n) is 2.57. The molecule has 4 nitrogen and oxygen atoms in total. The predicted octanol–water partition coefficient (Wildman–Crippen LogP) is 4.65.